The molecular formula is C11H15F3. The predicted molar refractivity (Wildman–Crippen MR) is 52.9 cm³/mol. The predicted octanol–water partition coefficient (Wildman–Crippen LogP) is 4.26. The van der Waals surface area contributed by atoms with E-state index < -0.39 is 11.7 Å². The molecule has 0 N–H and O–H groups in total. The molecule has 0 bridgehead atoms. The summed E-state index contributed by atoms with van der Waals surface area (Å²) in [5, 5.41) is 0. The Morgan fingerprint density at radius 2 is 1.79 bits per heavy atom. The van der Waals surface area contributed by atoms with Crippen molar-refractivity contribution >= 4 is 0 Å². The zero-order valence-electron chi connectivity index (χ0n) is 8.65. The van der Waals surface area contributed by atoms with E-state index in [1.807, 2.05) is 13.8 Å². The number of halogens is 3. The fourth-order valence-electron chi connectivity index (χ4n) is 1.02. The van der Waals surface area contributed by atoms with Gasteiger partial charge >= 0.3 is 6.18 Å². The quantitative estimate of drug-likeness (QED) is 0.602. The fourth-order valence-corrected chi connectivity index (χ4v) is 1.02. The fraction of sp³-hybridized carbons (Fsp3) is 0.455. The summed E-state index contributed by atoms with van der Waals surface area (Å²) in [7, 11) is 0. The van der Waals surface area contributed by atoms with E-state index in [1.165, 1.54) is 0 Å². The van der Waals surface area contributed by atoms with E-state index >= 15 is 0 Å². The maximum atomic E-state index is 12.3. The first kappa shape index (κ1) is 13.0. The van der Waals surface area contributed by atoms with Gasteiger partial charge in [-0.05, 0) is 24.5 Å². The van der Waals surface area contributed by atoms with Crippen LogP contribution in [0.4, 0.5) is 13.2 Å². The molecule has 3 heteroatoms. The molecule has 0 nitrogen and oxygen atoms in total. The monoisotopic (exact) mass is 204 g/mol. The summed E-state index contributed by atoms with van der Waals surface area (Å²) < 4.78 is 36.9. The highest BCUT2D eigenvalue weighted by Gasteiger charge is 2.31. The molecule has 0 rings (SSSR count). The van der Waals surface area contributed by atoms with Crippen LogP contribution in [-0.2, 0) is 0 Å². The summed E-state index contributed by atoms with van der Waals surface area (Å²) in [5.41, 5.74) is -0.0310. The lowest BCUT2D eigenvalue weighted by molar-refractivity contribution is -0.0882. The van der Waals surface area contributed by atoms with Gasteiger partial charge in [-0.1, -0.05) is 32.6 Å². The van der Waals surface area contributed by atoms with Gasteiger partial charge in [-0.2, -0.15) is 13.2 Å². The standard InChI is InChI=1S/C11H15F3/c1-5-9(8(3)4)7-10(6-2)11(12,13)14/h5-8H,2H2,1,3-4H3/b9-5+,10-7+. The largest absolute Gasteiger partial charge is 0.416 e. The second kappa shape index (κ2) is 5.03. The summed E-state index contributed by atoms with van der Waals surface area (Å²) >= 11 is 0. The van der Waals surface area contributed by atoms with Gasteiger partial charge in [-0.3, -0.25) is 0 Å². The molecule has 0 aliphatic carbocycles. The van der Waals surface area contributed by atoms with Crippen molar-refractivity contribution in [3.8, 4) is 0 Å². The lowest BCUT2D eigenvalue weighted by Gasteiger charge is -2.11. The van der Waals surface area contributed by atoms with Crippen LogP contribution < -0.4 is 0 Å². The highest BCUT2D eigenvalue weighted by molar-refractivity contribution is 5.32. The minimum atomic E-state index is -4.31. The lowest BCUT2D eigenvalue weighted by atomic mass is 10.00. The molecule has 0 heterocycles. The molecule has 0 aliphatic rings. The minimum absolute atomic E-state index is 0.0808. The summed E-state index contributed by atoms with van der Waals surface area (Å²) in [6, 6.07) is 0. The second-order valence-corrected chi connectivity index (χ2v) is 3.24. The SMILES string of the molecule is C=C/C(=C\C(=C/C)C(C)C)C(F)(F)F. The van der Waals surface area contributed by atoms with Gasteiger partial charge in [0.1, 0.15) is 0 Å². The molecular weight excluding hydrogens is 189 g/mol. The average molecular weight is 204 g/mol. The van der Waals surface area contributed by atoms with E-state index in [2.05, 4.69) is 6.58 Å². The first-order valence-electron chi connectivity index (χ1n) is 4.40. The van der Waals surface area contributed by atoms with Gasteiger partial charge in [0, 0.05) is 0 Å². The number of hydrogen-bond donors (Lipinski definition) is 0. The number of alkyl halides is 3. The third kappa shape index (κ3) is 3.81. The van der Waals surface area contributed by atoms with E-state index in [1.54, 1.807) is 13.0 Å². The van der Waals surface area contributed by atoms with E-state index in [9.17, 15) is 13.2 Å². The van der Waals surface area contributed by atoms with Crippen LogP contribution in [-0.4, -0.2) is 6.18 Å². The topological polar surface area (TPSA) is 0 Å². The van der Waals surface area contributed by atoms with Crippen molar-refractivity contribution in [3.05, 3.63) is 36.0 Å². The van der Waals surface area contributed by atoms with Crippen molar-refractivity contribution < 1.29 is 13.2 Å². The Bertz CT molecular complexity index is 254. The van der Waals surface area contributed by atoms with Crippen LogP contribution in [0.15, 0.2) is 36.0 Å². The Kier molecular flexibility index (Phi) is 4.68. The lowest BCUT2D eigenvalue weighted by Crippen LogP contribution is -2.10. The summed E-state index contributed by atoms with van der Waals surface area (Å²) in [4.78, 5) is 0. The molecule has 0 radical (unpaired) electrons. The van der Waals surface area contributed by atoms with Gasteiger partial charge in [0.2, 0.25) is 0 Å². The molecule has 0 aliphatic heterocycles. The van der Waals surface area contributed by atoms with Crippen molar-refractivity contribution in [2.75, 3.05) is 0 Å². The normalized spacial score (nSPS) is 14.8. The van der Waals surface area contributed by atoms with E-state index in [4.69, 9.17) is 0 Å². The molecule has 14 heavy (non-hydrogen) atoms. The molecule has 0 spiro atoms. The van der Waals surface area contributed by atoms with Crippen molar-refractivity contribution in [3.63, 3.8) is 0 Å². The van der Waals surface area contributed by atoms with Gasteiger partial charge in [0.15, 0.2) is 0 Å². The summed E-state index contributed by atoms with van der Waals surface area (Å²) in [6.07, 6.45) is -0.658. The molecule has 0 fully saturated rings. The van der Waals surface area contributed by atoms with Crippen LogP contribution in [0.2, 0.25) is 0 Å². The molecule has 80 valence electrons. The molecule has 0 aromatic rings. The van der Waals surface area contributed by atoms with Crippen molar-refractivity contribution in [1.29, 1.82) is 0 Å². The van der Waals surface area contributed by atoms with Gasteiger partial charge in [0.05, 0.1) is 5.57 Å². The highest BCUT2D eigenvalue weighted by atomic mass is 19.4. The zero-order valence-corrected chi connectivity index (χ0v) is 8.65. The highest BCUT2D eigenvalue weighted by Crippen LogP contribution is 2.28. The molecule has 0 amide bonds. The third-order valence-corrected chi connectivity index (χ3v) is 1.87. The molecule has 0 saturated heterocycles. The first-order chi connectivity index (χ1) is 6.32. The zero-order chi connectivity index (χ0) is 11.4. The van der Waals surface area contributed by atoms with Crippen LogP contribution in [0, 0.1) is 5.92 Å². The summed E-state index contributed by atoms with van der Waals surface area (Å²) in [5.74, 6) is 0.0808. The van der Waals surface area contributed by atoms with Crippen molar-refractivity contribution in [2.24, 2.45) is 5.92 Å². The Labute approximate surface area is 82.8 Å². The molecule has 0 atom stereocenters. The number of rotatable bonds is 3. The molecule has 0 unspecified atom stereocenters. The number of hydrogen-bond acceptors (Lipinski definition) is 0. The Balaban J connectivity index is 5.03. The second-order valence-electron chi connectivity index (χ2n) is 3.24. The van der Waals surface area contributed by atoms with Crippen LogP contribution in [0.5, 0.6) is 0 Å². The number of allylic oxidation sites excluding steroid dienone is 5. The smallest absolute Gasteiger partial charge is 0.166 e. The minimum Gasteiger partial charge on any atom is -0.166 e. The van der Waals surface area contributed by atoms with Gasteiger partial charge in [-0.25, -0.2) is 0 Å². The first-order valence-corrected chi connectivity index (χ1v) is 4.40. The van der Waals surface area contributed by atoms with Gasteiger partial charge < -0.3 is 0 Å². The maximum Gasteiger partial charge on any atom is 0.416 e. The van der Waals surface area contributed by atoms with Crippen LogP contribution >= 0.6 is 0 Å². The molecule has 0 aromatic heterocycles. The molecule has 0 saturated carbocycles. The van der Waals surface area contributed by atoms with Gasteiger partial charge in [-0.15, -0.1) is 0 Å². The van der Waals surface area contributed by atoms with Gasteiger partial charge in [0.25, 0.3) is 0 Å². The van der Waals surface area contributed by atoms with Crippen LogP contribution in [0.25, 0.3) is 0 Å². The Morgan fingerprint density at radius 3 is 2.00 bits per heavy atom. The Hall–Kier alpha value is -0.990. The van der Waals surface area contributed by atoms with E-state index in [0.29, 0.717) is 5.57 Å². The maximum absolute atomic E-state index is 12.3. The average Bonchev–Trinajstić information content (AvgIpc) is 2.03. The van der Waals surface area contributed by atoms with Crippen molar-refractivity contribution in [2.45, 2.75) is 26.9 Å². The third-order valence-electron chi connectivity index (χ3n) is 1.87. The van der Waals surface area contributed by atoms with Crippen LogP contribution in [0.3, 0.4) is 0 Å². The summed E-state index contributed by atoms with van der Waals surface area (Å²) in [6.45, 7) is 8.58. The van der Waals surface area contributed by atoms with E-state index in [0.717, 1.165) is 12.2 Å². The van der Waals surface area contributed by atoms with Crippen molar-refractivity contribution in [1.82, 2.24) is 0 Å². The molecule has 0 aromatic carbocycles. The van der Waals surface area contributed by atoms with Crippen LogP contribution in [0.1, 0.15) is 20.8 Å². The Morgan fingerprint density at radius 1 is 1.29 bits per heavy atom. The van der Waals surface area contributed by atoms with E-state index in [-0.39, 0.29) is 5.92 Å².